The first kappa shape index (κ1) is 16.8. The van der Waals surface area contributed by atoms with Crippen molar-refractivity contribution in [2.45, 2.75) is 30.6 Å². The van der Waals surface area contributed by atoms with E-state index in [1.165, 1.54) is 13.8 Å². The molecule has 0 saturated carbocycles. The van der Waals surface area contributed by atoms with E-state index in [-0.39, 0.29) is 22.3 Å². The molecule has 0 amide bonds. The Labute approximate surface area is 121 Å². The highest BCUT2D eigenvalue weighted by atomic mass is 32.2. The number of nitrogens with zero attached hydrogens (tertiary/aromatic N) is 2. The van der Waals surface area contributed by atoms with Crippen LogP contribution in [0.15, 0.2) is 10.3 Å². The number of sulfonamides is 1. The zero-order valence-corrected chi connectivity index (χ0v) is 13.0. The summed E-state index contributed by atoms with van der Waals surface area (Å²) in [6.07, 6.45) is 0. The topological polar surface area (TPSA) is 127 Å². The number of likely N-dealkylation sites (N-methyl/N-ethyl adjacent to an activating group) is 1. The summed E-state index contributed by atoms with van der Waals surface area (Å²) in [6.45, 7) is 4.61. The first-order chi connectivity index (χ1) is 8.99. The number of hydrogen-bond donors (Lipinski definition) is 2. The smallest absolute Gasteiger partial charge is 0.304 e. The summed E-state index contributed by atoms with van der Waals surface area (Å²) in [5.74, 6) is 0. The number of nitrogens with two attached hydrogens (primary N) is 1. The molecule has 0 spiro atoms. The van der Waals surface area contributed by atoms with Crippen molar-refractivity contribution < 1.29 is 18.4 Å². The zero-order valence-electron chi connectivity index (χ0n) is 11.4. The number of anilines is 1. The first-order valence-corrected chi connectivity index (χ1v) is 8.01. The van der Waals surface area contributed by atoms with E-state index >= 15 is 0 Å². The molecule has 1 aromatic heterocycles. The van der Waals surface area contributed by atoms with Crippen molar-refractivity contribution in [2.24, 2.45) is 0 Å². The predicted molar refractivity (Wildman–Crippen MR) is 76.1 cm³/mol. The molecule has 3 N–H and O–H groups in total. The van der Waals surface area contributed by atoms with Gasteiger partial charge in [-0.05, 0) is 13.8 Å². The molecule has 1 aromatic rings. The molecule has 0 aromatic carbocycles. The van der Waals surface area contributed by atoms with Gasteiger partial charge in [-0.1, -0.05) is 18.3 Å². The maximum Gasteiger partial charge on any atom is 0.304 e. The molecule has 0 saturated heterocycles. The predicted octanol–water partition coefficient (Wildman–Crippen LogP) is 1.02. The first-order valence-electron chi connectivity index (χ1n) is 5.75. The Kier molecular flexibility index (Phi) is 4.74. The molecule has 0 aliphatic carbocycles. The highest BCUT2D eigenvalue weighted by Gasteiger charge is 2.32. The number of thiophene rings is 1. The van der Waals surface area contributed by atoms with Crippen LogP contribution in [0.4, 0.5) is 10.7 Å². The van der Waals surface area contributed by atoms with Crippen molar-refractivity contribution in [1.29, 1.82) is 0 Å². The summed E-state index contributed by atoms with van der Waals surface area (Å²) in [7, 11) is -3.91. The van der Waals surface area contributed by atoms with Gasteiger partial charge >= 0.3 is 5.69 Å². The number of nitrogen functional groups attached to an aromatic ring is 1. The highest BCUT2D eigenvalue weighted by Crippen LogP contribution is 2.36. The second kappa shape index (κ2) is 5.64. The lowest BCUT2D eigenvalue weighted by atomic mass is 10.1. The number of rotatable bonds is 6. The second-order valence-electron chi connectivity index (χ2n) is 4.82. The van der Waals surface area contributed by atoms with Crippen LogP contribution >= 0.6 is 11.3 Å². The van der Waals surface area contributed by atoms with Gasteiger partial charge in [0, 0.05) is 19.2 Å². The van der Waals surface area contributed by atoms with Gasteiger partial charge in [0.1, 0.15) is 4.21 Å². The van der Waals surface area contributed by atoms with Crippen LogP contribution in [0, 0.1) is 10.1 Å². The maximum absolute atomic E-state index is 12.4. The molecule has 114 valence electrons. The van der Waals surface area contributed by atoms with E-state index in [9.17, 15) is 23.6 Å². The van der Waals surface area contributed by atoms with Crippen LogP contribution in [-0.2, 0) is 10.0 Å². The third kappa shape index (κ3) is 3.66. The second-order valence-corrected chi connectivity index (χ2v) is 8.06. The molecular weight excluding hydrogens is 306 g/mol. The van der Waals surface area contributed by atoms with E-state index in [0.29, 0.717) is 11.3 Å². The average molecular weight is 323 g/mol. The van der Waals surface area contributed by atoms with Gasteiger partial charge in [0.15, 0.2) is 5.00 Å². The molecule has 0 aliphatic rings. The summed E-state index contributed by atoms with van der Waals surface area (Å²) >= 11 is 0.644. The molecular formula is C10H17N3O5S2. The summed E-state index contributed by atoms with van der Waals surface area (Å²) in [4.78, 5) is 9.99. The zero-order chi connectivity index (χ0) is 15.7. The van der Waals surface area contributed by atoms with Crippen LogP contribution in [0.1, 0.15) is 20.8 Å². The van der Waals surface area contributed by atoms with Gasteiger partial charge < -0.3 is 10.8 Å². The number of hydrogen-bond acceptors (Lipinski definition) is 7. The van der Waals surface area contributed by atoms with Gasteiger partial charge in [-0.2, -0.15) is 4.31 Å². The average Bonchev–Trinajstić information content (AvgIpc) is 2.67. The Morgan fingerprint density at radius 3 is 2.45 bits per heavy atom. The van der Waals surface area contributed by atoms with Gasteiger partial charge in [-0.25, -0.2) is 8.42 Å². The fourth-order valence-electron chi connectivity index (χ4n) is 1.57. The monoisotopic (exact) mass is 323 g/mol. The maximum atomic E-state index is 12.4. The molecule has 0 unspecified atom stereocenters. The Bertz CT molecular complexity index is 603. The van der Waals surface area contributed by atoms with Crippen LogP contribution in [0.25, 0.3) is 0 Å². The molecule has 1 heterocycles. The third-order valence-corrected chi connectivity index (χ3v) is 5.75. The van der Waals surface area contributed by atoms with Crippen molar-refractivity contribution >= 4 is 32.0 Å². The van der Waals surface area contributed by atoms with Gasteiger partial charge in [-0.3, -0.25) is 10.1 Å². The van der Waals surface area contributed by atoms with E-state index in [4.69, 9.17) is 5.73 Å². The summed E-state index contributed by atoms with van der Waals surface area (Å²) < 4.78 is 25.6. The fourth-order valence-corrected chi connectivity index (χ4v) is 4.54. The van der Waals surface area contributed by atoms with E-state index in [1.807, 2.05) is 0 Å². The van der Waals surface area contributed by atoms with Crippen LogP contribution < -0.4 is 5.73 Å². The summed E-state index contributed by atoms with van der Waals surface area (Å²) in [5, 5.41) is 20.3. The SMILES string of the molecule is CCN(CC(C)(C)O)S(=O)(=O)c1cc([N+](=O)[O-])c(N)s1. The fraction of sp³-hybridized carbons (Fsp3) is 0.600. The Hall–Kier alpha value is -1.23. The van der Waals surface area contributed by atoms with Crippen molar-refractivity contribution in [2.75, 3.05) is 18.8 Å². The van der Waals surface area contributed by atoms with Crippen molar-refractivity contribution in [3.63, 3.8) is 0 Å². The molecule has 20 heavy (non-hydrogen) atoms. The molecule has 0 atom stereocenters. The molecule has 0 fully saturated rings. The third-order valence-electron chi connectivity index (χ3n) is 2.42. The molecule has 0 bridgehead atoms. The molecule has 8 nitrogen and oxygen atoms in total. The normalized spacial score (nSPS) is 12.8. The Morgan fingerprint density at radius 1 is 1.55 bits per heavy atom. The highest BCUT2D eigenvalue weighted by molar-refractivity contribution is 7.91. The van der Waals surface area contributed by atoms with E-state index in [1.54, 1.807) is 6.92 Å². The lowest BCUT2D eigenvalue weighted by Crippen LogP contribution is -2.41. The molecule has 0 radical (unpaired) electrons. The van der Waals surface area contributed by atoms with Crippen molar-refractivity contribution in [3.05, 3.63) is 16.2 Å². The summed E-state index contributed by atoms with van der Waals surface area (Å²) in [5.41, 5.74) is 3.82. The lowest BCUT2D eigenvalue weighted by molar-refractivity contribution is -0.383. The van der Waals surface area contributed by atoms with Gasteiger partial charge in [-0.15, -0.1) is 0 Å². The molecule has 10 heteroatoms. The molecule has 0 aliphatic heterocycles. The van der Waals surface area contributed by atoms with Crippen LogP contribution in [0.2, 0.25) is 0 Å². The van der Waals surface area contributed by atoms with E-state index < -0.39 is 26.2 Å². The van der Waals surface area contributed by atoms with E-state index in [2.05, 4.69) is 0 Å². The van der Waals surface area contributed by atoms with Gasteiger partial charge in [0.05, 0.1) is 10.5 Å². The van der Waals surface area contributed by atoms with Crippen LogP contribution in [0.3, 0.4) is 0 Å². The standard InChI is InChI=1S/C10H17N3O5S2/c1-4-12(6-10(2,3)14)20(17,18)8-5-7(13(15)16)9(11)19-8/h5,14H,4,6,11H2,1-3H3. The minimum Gasteiger partial charge on any atom is -0.389 e. The van der Waals surface area contributed by atoms with Crippen LogP contribution in [0.5, 0.6) is 0 Å². The quantitative estimate of drug-likeness (QED) is 0.594. The van der Waals surface area contributed by atoms with Gasteiger partial charge in [0.25, 0.3) is 10.0 Å². The van der Waals surface area contributed by atoms with Crippen molar-refractivity contribution in [1.82, 2.24) is 4.31 Å². The van der Waals surface area contributed by atoms with Gasteiger partial charge in [0.2, 0.25) is 0 Å². The number of nitro groups is 1. The minimum absolute atomic E-state index is 0.114. The minimum atomic E-state index is -3.91. The van der Waals surface area contributed by atoms with Crippen LogP contribution in [-0.4, -0.2) is 41.4 Å². The summed E-state index contributed by atoms with van der Waals surface area (Å²) in [6, 6.07) is 0.947. The lowest BCUT2D eigenvalue weighted by Gasteiger charge is -2.26. The molecule has 1 rings (SSSR count). The Morgan fingerprint density at radius 2 is 2.10 bits per heavy atom. The largest absolute Gasteiger partial charge is 0.389 e. The van der Waals surface area contributed by atoms with Crippen molar-refractivity contribution in [3.8, 4) is 0 Å². The van der Waals surface area contributed by atoms with E-state index in [0.717, 1.165) is 10.4 Å². The number of aliphatic hydroxyl groups is 1. The Balaban J connectivity index is 3.21.